The van der Waals surface area contributed by atoms with Crippen LogP contribution in [0.4, 0.5) is 5.69 Å². The number of aliphatic hydroxyl groups is 1. The number of rotatable bonds is 3. The van der Waals surface area contributed by atoms with E-state index in [1.807, 2.05) is 30.9 Å². The fraction of sp³-hybridized carbons (Fsp3) is 0.583. The molecule has 1 atom stereocenters. The van der Waals surface area contributed by atoms with Crippen molar-refractivity contribution in [2.24, 2.45) is 0 Å². The summed E-state index contributed by atoms with van der Waals surface area (Å²) in [7, 11) is 0. The van der Waals surface area contributed by atoms with Crippen LogP contribution in [0, 0.1) is 0 Å². The second-order valence-corrected chi connectivity index (χ2v) is 5.19. The monoisotopic (exact) mass is 238 g/mol. The largest absolute Gasteiger partial charge is 0.387 e. The average Bonchev–Trinajstić information content (AvgIpc) is 2.39. The molecule has 0 radical (unpaired) electrons. The van der Waals surface area contributed by atoms with Gasteiger partial charge in [-0.1, -0.05) is 6.92 Å². The topological polar surface area (TPSA) is 36.4 Å². The molecule has 2 rings (SSSR count). The van der Waals surface area contributed by atoms with Gasteiger partial charge in [-0.25, -0.2) is 0 Å². The first kappa shape index (κ1) is 11.7. The van der Waals surface area contributed by atoms with Crippen LogP contribution < -0.4 is 4.90 Å². The Morgan fingerprint density at radius 3 is 2.75 bits per heavy atom. The third kappa shape index (κ3) is 2.68. The Balaban J connectivity index is 2.06. The highest BCUT2D eigenvalue weighted by Crippen LogP contribution is 2.21. The zero-order valence-electron chi connectivity index (χ0n) is 9.59. The van der Waals surface area contributed by atoms with E-state index in [4.69, 9.17) is 0 Å². The van der Waals surface area contributed by atoms with Crippen molar-refractivity contribution in [1.82, 2.24) is 4.98 Å². The van der Waals surface area contributed by atoms with E-state index in [2.05, 4.69) is 16.0 Å². The summed E-state index contributed by atoms with van der Waals surface area (Å²) in [5.41, 5.74) is 1.95. The third-order valence-corrected chi connectivity index (χ3v) is 3.82. The maximum atomic E-state index is 9.65. The van der Waals surface area contributed by atoms with Gasteiger partial charge < -0.3 is 10.0 Å². The lowest BCUT2D eigenvalue weighted by atomic mass is 10.2. The maximum absolute atomic E-state index is 9.65. The number of aromatic nitrogens is 1. The Morgan fingerprint density at radius 1 is 1.44 bits per heavy atom. The molecule has 0 spiro atoms. The molecule has 88 valence electrons. The first-order valence-electron chi connectivity index (χ1n) is 5.78. The zero-order valence-corrected chi connectivity index (χ0v) is 10.4. The summed E-state index contributed by atoms with van der Waals surface area (Å²) in [6, 6.07) is 4.00. The van der Waals surface area contributed by atoms with Crippen molar-refractivity contribution in [3.8, 4) is 0 Å². The highest BCUT2D eigenvalue weighted by Gasteiger charge is 2.12. The number of thioether (sulfide) groups is 1. The van der Waals surface area contributed by atoms with E-state index in [1.165, 1.54) is 17.2 Å². The molecule has 4 heteroatoms. The van der Waals surface area contributed by atoms with Crippen LogP contribution in [0.3, 0.4) is 0 Å². The van der Waals surface area contributed by atoms with Gasteiger partial charge in [0.05, 0.1) is 23.7 Å². The Kier molecular flexibility index (Phi) is 4.07. The van der Waals surface area contributed by atoms with Gasteiger partial charge in [0.2, 0.25) is 0 Å². The molecule has 1 aromatic rings. The van der Waals surface area contributed by atoms with Crippen LogP contribution in [0.15, 0.2) is 18.3 Å². The number of aliphatic hydroxyl groups excluding tert-OH is 1. The molecule has 0 aromatic carbocycles. The maximum Gasteiger partial charge on any atom is 0.0957 e. The molecular formula is C12H18N2OS. The van der Waals surface area contributed by atoms with Gasteiger partial charge in [-0.2, -0.15) is 11.8 Å². The first-order valence-corrected chi connectivity index (χ1v) is 6.93. The summed E-state index contributed by atoms with van der Waals surface area (Å²) in [5.74, 6) is 2.39. The molecule has 0 amide bonds. The van der Waals surface area contributed by atoms with Gasteiger partial charge in [0.25, 0.3) is 0 Å². The minimum absolute atomic E-state index is 0.425. The quantitative estimate of drug-likeness (QED) is 0.874. The van der Waals surface area contributed by atoms with Crippen LogP contribution in [-0.4, -0.2) is 34.7 Å². The van der Waals surface area contributed by atoms with Crippen LogP contribution >= 0.6 is 11.8 Å². The van der Waals surface area contributed by atoms with Crippen molar-refractivity contribution < 1.29 is 5.11 Å². The summed E-state index contributed by atoms with van der Waals surface area (Å²) in [5, 5.41) is 9.65. The number of pyridine rings is 1. The van der Waals surface area contributed by atoms with Crippen LogP contribution in [0.5, 0.6) is 0 Å². The number of hydrogen-bond donors (Lipinski definition) is 1. The molecule has 1 aromatic heterocycles. The van der Waals surface area contributed by atoms with E-state index in [0.29, 0.717) is 6.42 Å². The molecule has 1 fully saturated rings. The van der Waals surface area contributed by atoms with Crippen LogP contribution in [0.1, 0.15) is 25.1 Å². The van der Waals surface area contributed by atoms with E-state index in [-0.39, 0.29) is 0 Å². The molecule has 0 aliphatic carbocycles. The van der Waals surface area contributed by atoms with Crippen LogP contribution in [0.2, 0.25) is 0 Å². The summed E-state index contributed by atoms with van der Waals surface area (Å²) in [6.07, 6.45) is 2.17. The molecule has 2 heterocycles. The van der Waals surface area contributed by atoms with E-state index < -0.39 is 6.10 Å². The van der Waals surface area contributed by atoms with Crippen molar-refractivity contribution >= 4 is 17.4 Å². The fourth-order valence-corrected chi connectivity index (χ4v) is 2.72. The van der Waals surface area contributed by atoms with E-state index in [1.54, 1.807) is 0 Å². The molecule has 3 nitrogen and oxygen atoms in total. The first-order chi connectivity index (χ1) is 7.81. The molecule has 1 aliphatic heterocycles. The lowest BCUT2D eigenvalue weighted by molar-refractivity contribution is 0.169. The van der Waals surface area contributed by atoms with Gasteiger partial charge in [-0.3, -0.25) is 4.98 Å². The Morgan fingerprint density at radius 2 is 2.19 bits per heavy atom. The molecule has 0 bridgehead atoms. The number of hydrogen-bond acceptors (Lipinski definition) is 4. The Bertz CT molecular complexity index is 322. The summed E-state index contributed by atoms with van der Waals surface area (Å²) in [6.45, 7) is 4.16. The van der Waals surface area contributed by atoms with Crippen LogP contribution in [-0.2, 0) is 0 Å². The molecule has 0 saturated carbocycles. The summed E-state index contributed by atoms with van der Waals surface area (Å²) < 4.78 is 0. The lowest BCUT2D eigenvalue weighted by Crippen LogP contribution is -2.32. The van der Waals surface area contributed by atoms with Gasteiger partial charge in [0.15, 0.2) is 0 Å². The van der Waals surface area contributed by atoms with Crippen molar-refractivity contribution in [1.29, 1.82) is 0 Å². The zero-order chi connectivity index (χ0) is 11.4. The Labute approximate surface area is 101 Å². The molecule has 16 heavy (non-hydrogen) atoms. The summed E-state index contributed by atoms with van der Waals surface area (Å²) >= 11 is 2.00. The second kappa shape index (κ2) is 5.55. The third-order valence-electron chi connectivity index (χ3n) is 2.88. The lowest BCUT2D eigenvalue weighted by Gasteiger charge is -2.28. The van der Waals surface area contributed by atoms with Crippen molar-refractivity contribution in [2.45, 2.75) is 19.4 Å². The highest BCUT2D eigenvalue weighted by atomic mass is 32.2. The number of anilines is 1. The molecule has 0 unspecified atom stereocenters. The van der Waals surface area contributed by atoms with Gasteiger partial charge >= 0.3 is 0 Å². The SMILES string of the molecule is CC[C@H](O)c1ccc(N2CCSCC2)cn1. The molecular weight excluding hydrogens is 220 g/mol. The van der Waals surface area contributed by atoms with Gasteiger partial charge in [-0.05, 0) is 18.6 Å². The standard InChI is InChI=1S/C12H18N2OS/c1-2-12(15)11-4-3-10(9-13-11)14-5-7-16-8-6-14/h3-4,9,12,15H,2,5-8H2,1H3/t12-/m0/s1. The normalized spacial score (nSPS) is 18.5. The molecule has 1 aliphatic rings. The minimum Gasteiger partial charge on any atom is -0.387 e. The van der Waals surface area contributed by atoms with Crippen LogP contribution in [0.25, 0.3) is 0 Å². The summed E-state index contributed by atoms with van der Waals surface area (Å²) in [4.78, 5) is 6.68. The fourth-order valence-electron chi connectivity index (χ4n) is 1.81. The van der Waals surface area contributed by atoms with Crippen molar-refractivity contribution in [2.75, 3.05) is 29.5 Å². The minimum atomic E-state index is -0.425. The van der Waals surface area contributed by atoms with E-state index in [0.717, 1.165) is 18.8 Å². The predicted octanol–water partition coefficient (Wildman–Crippen LogP) is 2.08. The van der Waals surface area contributed by atoms with E-state index >= 15 is 0 Å². The van der Waals surface area contributed by atoms with Gasteiger partial charge in [0.1, 0.15) is 0 Å². The number of nitrogens with zero attached hydrogens (tertiary/aromatic N) is 2. The van der Waals surface area contributed by atoms with E-state index in [9.17, 15) is 5.11 Å². The van der Waals surface area contributed by atoms with Gasteiger partial charge in [0, 0.05) is 24.6 Å². The molecule has 1 saturated heterocycles. The highest BCUT2D eigenvalue weighted by molar-refractivity contribution is 7.99. The average molecular weight is 238 g/mol. The predicted molar refractivity (Wildman–Crippen MR) is 69.0 cm³/mol. The second-order valence-electron chi connectivity index (χ2n) is 3.96. The smallest absolute Gasteiger partial charge is 0.0957 e. The van der Waals surface area contributed by atoms with Crippen molar-refractivity contribution in [3.63, 3.8) is 0 Å². The Hall–Kier alpha value is -0.740. The van der Waals surface area contributed by atoms with Crippen molar-refractivity contribution in [3.05, 3.63) is 24.0 Å². The molecule has 1 N–H and O–H groups in total. The van der Waals surface area contributed by atoms with Gasteiger partial charge in [-0.15, -0.1) is 0 Å².